The lowest BCUT2D eigenvalue weighted by Crippen LogP contribution is -2.64. The third-order valence-corrected chi connectivity index (χ3v) is 3.01. The van der Waals surface area contributed by atoms with Gasteiger partial charge in [-0.15, -0.1) is 0 Å². The van der Waals surface area contributed by atoms with E-state index < -0.39 is 0 Å². The lowest BCUT2D eigenvalue weighted by atomic mass is 9.94. The van der Waals surface area contributed by atoms with E-state index in [9.17, 15) is 0 Å². The van der Waals surface area contributed by atoms with E-state index in [0.29, 0.717) is 0 Å². The Morgan fingerprint density at radius 3 is 2.67 bits per heavy atom. The Hall–Kier alpha value is -0.120. The molecule has 1 N–H and O–H groups in total. The van der Waals surface area contributed by atoms with E-state index in [2.05, 4.69) is 17.1 Å². The predicted molar refractivity (Wildman–Crippen MR) is 48.3 cm³/mol. The van der Waals surface area contributed by atoms with Gasteiger partial charge < -0.3 is 10.1 Å². The quantitative estimate of drug-likeness (QED) is 0.648. The average Bonchev–Trinajstić information content (AvgIpc) is 1.92. The van der Waals surface area contributed by atoms with E-state index in [0.717, 1.165) is 19.1 Å². The average molecular weight is 170 g/mol. The molecule has 3 nitrogen and oxygen atoms in total. The van der Waals surface area contributed by atoms with Crippen molar-refractivity contribution in [3.05, 3.63) is 0 Å². The van der Waals surface area contributed by atoms with Crippen molar-refractivity contribution in [2.45, 2.75) is 25.0 Å². The van der Waals surface area contributed by atoms with E-state index in [1.807, 2.05) is 0 Å². The second-order valence-corrected chi connectivity index (χ2v) is 4.26. The van der Waals surface area contributed by atoms with Gasteiger partial charge in [-0.05, 0) is 19.9 Å². The van der Waals surface area contributed by atoms with Gasteiger partial charge in [-0.25, -0.2) is 0 Å². The summed E-state index contributed by atoms with van der Waals surface area (Å²) in [5.41, 5.74) is 0.143. The second-order valence-electron chi connectivity index (χ2n) is 4.26. The first-order chi connectivity index (χ1) is 5.72. The Labute approximate surface area is 74.1 Å². The zero-order valence-electron chi connectivity index (χ0n) is 7.97. The van der Waals surface area contributed by atoms with E-state index in [4.69, 9.17) is 4.74 Å². The summed E-state index contributed by atoms with van der Waals surface area (Å²) in [5.74, 6) is 0. The van der Waals surface area contributed by atoms with Crippen LogP contribution in [0.2, 0.25) is 0 Å². The molecule has 0 aromatic carbocycles. The molecule has 2 aliphatic rings. The monoisotopic (exact) mass is 170 g/mol. The zero-order valence-corrected chi connectivity index (χ0v) is 7.97. The maximum absolute atomic E-state index is 5.38. The van der Waals surface area contributed by atoms with Crippen LogP contribution in [-0.2, 0) is 4.74 Å². The van der Waals surface area contributed by atoms with Gasteiger partial charge in [0, 0.05) is 32.8 Å². The zero-order chi connectivity index (χ0) is 8.60. The molecule has 70 valence electrons. The van der Waals surface area contributed by atoms with Crippen LogP contribution >= 0.6 is 0 Å². The predicted octanol–water partition coefficient (Wildman–Crippen LogP) is 0.0690. The number of nitrogens with zero attached hydrogens (tertiary/aromatic N) is 1. The second kappa shape index (κ2) is 2.98. The van der Waals surface area contributed by atoms with Crippen molar-refractivity contribution < 1.29 is 4.74 Å². The van der Waals surface area contributed by atoms with Gasteiger partial charge in [0.2, 0.25) is 0 Å². The molecular formula is C9H18N2O. The third kappa shape index (κ3) is 1.49. The van der Waals surface area contributed by atoms with Crippen molar-refractivity contribution in [2.75, 3.05) is 33.3 Å². The van der Waals surface area contributed by atoms with Crippen LogP contribution in [0.3, 0.4) is 0 Å². The number of hydrogen-bond donors (Lipinski definition) is 1. The highest BCUT2D eigenvalue weighted by Gasteiger charge is 2.39. The SMILES string of the molecule is COC1(C)CN(CC2CCN2)C1. The van der Waals surface area contributed by atoms with E-state index in [-0.39, 0.29) is 5.60 Å². The molecule has 12 heavy (non-hydrogen) atoms. The summed E-state index contributed by atoms with van der Waals surface area (Å²) in [6.45, 7) is 6.79. The molecule has 0 radical (unpaired) electrons. The van der Waals surface area contributed by atoms with E-state index >= 15 is 0 Å². The topological polar surface area (TPSA) is 24.5 Å². The molecule has 0 aromatic heterocycles. The molecule has 3 heteroatoms. The molecule has 2 saturated heterocycles. The van der Waals surface area contributed by atoms with Crippen molar-refractivity contribution >= 4 is 0 Å². The number of nitrogens with one attached hydrogen (secondary N) is 1. The Morgan fingerprint density at radius 1 is 1.58 bits per heavy atom. The van der Waals surface area contributed by atoms with Gasteiger partial charge >= 0.3 is 0 Å². The standard InChI is InChI=1S/C9H18N2O/c1-9(12-2)6-11(7-9)5-8-3-4-10-8/h8,10H,3-7H2,1-2H3. The molecule has 1 unspecified atom stereocenters. The van der Waals surface area contributed by atoms with Gasteiger partial charge in [-0.3, -0.25) is 4.90 Å². The van der Waals surface area contributed by atoms with Gasteiger partial charge in [-0.2, -0.15) is 0 Å². The summed E-state index contributed by atoms with van der Waals surface area (Å²) in [7, 11) is 1.80. The van der Waals surface area contributed by atoms with E-state index in [1.165, 1.54) is 19.5 Å². The molecule has 1 atom stereocenters. The van der Waals surface area contributed by atoms with Crippen molar-refractivity contribution in [2.24, 2.45) is 0 Å². The van der Waals surface area contributed by atoms with E-state index in [1.54, 1.807) is 7.11 Å². The first-order valence-electron chi connectivity index (χ1n) is 4.73. The summed E-state index contributed by atoms with van der Waals surface area (Å²) >= 11 is 0. The minimum Gasteiger partial charge on any atom is -0.376 e. The van der Waals surface area contributed by atoms with Crippen LogP contribution in [0.4, 0.5) is 0 Å². The highest BCUT2D eigenvalue weighted by Crippen LogP contribution is 2.24. The molecule has 2 fully saturated rings. The first kappa shape index (κ1) is 8.48. The fraction of sp³-hybridized carbons (Fsp3) is 1.00. The molecule has 0 spiro atoms. The lowest BCUT2D eigenvalue weighted by Gasteiger charge is -2.49. The maximum atomic E-state index is 5.38. The Morgan fingerprint density at radius 2 is 2.25 bits per heavy atom. The van der Waals surface area contributed by atoms with Gasteiger partial charge in [0.15, 0.2) is 0 Å². The minimum absolute atomic E-state index is 0.143. The molecule has 0 aromatic rings. The van der Waals surface area contributed by atoms with Gasteiger partial charge in [0.05, 0.1) is 5.60 Å². The Bertz CT molecular complexity index is 159. The van der Waals surface area contributed by atoms with Crippen molar-refractivity contribution in [3.8, 4) is 0 Å². The third-order valence-electron chi connectivity index (χ3n) is 3.01. The van der Waals surface area contributed by atoms with Crippen LogP contribution in [0.25, 0.3) is 0 Å². The summed E-state index contributed by atoms with van der Waals surface area (Å²) < 4.78 is 5.38. The number of hydrogen-bond acceptors (Lipinski definition) is 3. The molecule has 2 aliphatic heterocycles. The van der Waals surface area contributed by atoms with Crippen molar-refractivity contribution in [1.82, 2.24) is 10.2 Å². The highest BCUT2D eigenvalue weighted by atomic mass is 16.5. The normalized spacial score (nSPS) is 34.0. The largest absolute Gasteiger partial charge is 0.376 e. The fourth-order valence-corrected chi connectivity index (χ4v) is 1.97. The van der Waals surface area contributed by atoms with Crippen LogP contribution in [0, 0.1) is 0 Å². The number of methoxy groups -OCH3 is 1. The minimum atomic E-state index is 0.143. The van der Waals surface area contributed by atoms with Crippen LogP contribution in [-0.4, -0.2) is 49.8 Å². The summed E-state index contributed by atoms with van der Waals surface area (Å²) in [6.07, 6.45) is 1.35. The Kier molecular flexibility index (Phi) is 2.10. The fourth-order valence-electron chi connectivity index (χ4n) is 1.97. The molecule has 0 amide bonds. The lowest BCUT2D eigenvalue weighted by molar-refractivity contribution is -0.114. The summed E-state index contributed by atoms with van der Waals surface area (Å²) in [5, 5.41) is 3.41. The van der Waals surface area contributed by atoms with Gasteiger partial charge in [-0.1, -0.05) is 0 Å². The highest BCUT2D eigenvalue weighted by molar-refractivity contribution is 4.95. The smallest absolute Gasteiger partial charge is 0.0903 e. The molecule has 0 aliphatic carbocycles. The summed E-state index contributed by atoms with van der Waals surface area (Å²) in [4.78, 5) is 2.46. The van der Waals surface area contributed by atoms with Gasteiger partial charge in [0.25, 0.3) is 0 Å². The maximum Gasteiger partial charge on any atom is 0.0903 e. The number of likely N-dealkylation sites (tertiary alicyclic amines) is 1. The van der Waals surface area contributed by atoms with Crippen LogP contribution < -0.4 is 5.32 Å². The Balaban J connectivity index is 1.67. The van der Waals surface area contributed by atoms with Crippen molar-refractivity contribution in [1.29, 1.82) is 0 Å². The molecule has 2 rings (SSSR count). The number of rotatable bonds is 3. The number of ether oxygens (including phenoxy) is 1. The molecular weight excluding hydrogens is 152 g/mol. The molecule has 0 saturated carbocycles. The first-order valence-corrected chi connectivity index (χ1v) is 4.73. The summed E-state index contributed by atoms with van der Waals surface area (Å²) in [6, 6.07) is 0.756. The van der Waals surface area contributed by atoms with Gasteiger partial charge in [0.1, 0.15) is 0 Å². The van der Waals surface area contributed by atoms with Crippen LogP contribution in [0.5, 0.6) is 0 Å². The molecule has 0 bridgehead atoms. The van der Waals surface area contributed by atoms with Crippen LogP contribution in [0.15, 0.2) is 0 Å². The van der Waals surface area contributed by atoms with Crippen LogP contribution in [0.1, 0.15) is 13.3 Å². The molecule has 2 heterocycles. The van der Waals surface area contributed by atoms with Crippen molar-refractivity contribution in [3.63, 3.8) is 0 Å².